The molecule has 140 valence electrons. The smallest absolute Gasteiger partial charge is 0.340 e. The number of aromatic nitrogens is 4. The molecule has 4 aromatic rings. The first-order chi connectivity index (χ1) is 13.5. The van der Waals surface area contributed by atoms with Gasteiger partial charge in [0.1, 0.15) is 5.82 Å². The van der Waals surface area contributed by atoms with Crippen molar-refractivity contribution < 1.29 is 13.9 Å². The van der Waals surface area contributed by atoms with E-state index >= 15 is 0 Å². The summed E-state index contributed by atoms with van der Waals surface area (Å²) >= 11 is 0. The van der Waals surface area contributed by atoms with E-state index in [1.807, 2.05) is 13.0 Å². The number of hydrogen-bond acceptors (Lipinski definition) is 5. The first-order valence-electron chi connectivity index (χ1n) is 8.66. The van der Waals surface area contributed by atoms with Crippen LogP contribution in [0.3, 0.4) is 0 Å². The van der Waals surface area contributed by atoms with Gasteiger partial charge in [-0.2, -0.15) is 5.10 Å². The van der Waals surface area contributed by atoms with Gasteiger partial charge in [-0.05, 0) is 36.8 Å². The van der Waals surface area contributed by atoms with E-state index in [2.05, 4.69) is 15.1 Å². The fraction of sp³-hybridized carbons (Fsp3) is 0.143. The zero-order valence-corrected chi connectivity index (χ0v) is 15.4. The second-order valence-corrected chi connectivity index (χ2v) is 6.45. The van der Waals surface area contributed by atoms with Crippen LogP contribution in [0.4, 0.5) is 4.39 Å². The third-order valence-corrected chi connectivity index (χ3v) is 4.42. The van der Waals surface area contributed by atoms with Crippen molar-refractivity contribution in [2.45, 2.75) is 13.5 Å². The summed E-state index contributed by atoms with van der Waals surface area (Å²) < 4.78 is 20.0. The third-order valence-electron chi connectivity index (χ3n) is 4.42. The Morgan fingerprint density at radius 1 is 1.14 bits per heavy atom. The molecule has 0 aliphatic rings. The summed E-state index contributed by atoms with van der Waals surface area (Å²) in [4.78, 5) is 21.0. The van der Waals surface area contributed by atoms with Crippen LogP contribution in [-0.2, 0) is 11.3 Å². The highest BCUT2D eigenvalue weighted by Gasteiger charge is 2.16. The van der Waals surface area contributed by atoms with Gasteiger partial charge in [0.05, 0.1) is 54.7 Å². The molecular formula is C21H17FN4O2. The van der Waals surface area contributed by atoms with Crippen LogP contribution in [0.15, 0.2) is 55.0 Å². The molecule has 2 heterocycles. The van der Waals surface area contributed by atoms with Crippen LogP contribution in [0.2, 0.25) is 0 Å². The number of carbonyl (C=O) groups is 1. The Labute approximate surface area is 160 Å². The van der Waals surface area contributed by atoms with E-state index in [0.717, 1.165) is 10.9 Å². The molecule has 0 aliphatic carbocycles. The first-order valence-corrected chi connectivity index (χ1v) is 8.66. The van der Waals surface area contributed by atoms with Crippen molar-refractivity contribution in [1.82, 2.24) is 19.7 Å². The Bertz CT molecular complexity index is 1170. The Hall–Kier alpha value is -3.61. The molecule has 2 aromatic carbocycles. The van der Waals surface area contributed by atoms with Crippen LogP contribution in [0, 0.1) is 12.7 Å². The van der Waals surface area contributed by atoms with E-state index < -0.39 is 5.97 Å². The van der Waals surface area contributed by atoms with Crippen LogP contribution in [0.25, 0.3) is 22.2 Å². The van der Waals surface area contributed by atoms with Crippen molar-refractivity contribution in [2.75, 3.05) is 7.11 Å². The molecule has 0 spiro atoms. The quantitative estimate of drug-likeness (QED) is 0.507. The van der Waals surface area contributed by atoms with Crippen molar-refractivity contribution in [1.29, 1.82) is 0 Å². The van der Waals surface area contributed by atoms with E-state index in [4.69, 9.17) is 4.74 Å². The minimum atomic E-state index is -0.414. The molecule has 0 saturated carbocycles. The molecule has 7 heteroatoms. The second-order valence-electron chi connectivity index (χ2n) is 6.45. The number of aryl methyl sites for hydroxylation is 1. The van der Waals surface area contributed by atoms with Gasteiger partial charge in [0.2, 0.25) is 0 Å². The van der Waals surface area contributed by atoms with Crippen LogP contribution in [0.5, 0.6) is 0 Å². The highest BCUT2D eigenvalue weighted by atomic mass is 19.1. The lowest BCUT2D eigenvalue weighted by atomic mass is 10.1. The zero-order valence-electron chi connectivity index (χ0n) is 15.4. The Morgan fingerprint density at radius 2 is 2.00 bits per heavy atom. The first kappa shape index (κ1) is 17.8. The topological polar surface area (TPSA) is 69.9 Å². The molecule has 28 heavy (non-hydrogen) atoms. The van der Waals surface area contributed by atoms with Crippen molar-refractivity contribution in [2.24, 2.45) is 0 Å². The maximum Gasteiger partial charge on any atom is 0.340 e. The van der Waals surface area contributed by atoms with Crippen LogP contribution >= 0.6 is 0 Å². The Kier molecular flexibility index (Phi) is 4.57. The summed E-state index contributed by atoms with van der Waals surface area (Å²) in [7, 11) is 1.35. The fourth-order valence-electron chi connectivity index (χ4n) is 3.16. The Morgan fingerprint density at radius 3 is 2.71 bits per heavy atom. The predicted octanol–water partition coefficient (Wildman–Crippen LogP) is 3.78. The van der Waals surface area contributed by atoms with Gasteiger partial charge in [0.25, 0.3) is 0 Å². The summed E-state index contributed by atoms with van der Waals surface area (Å²) in [6.45, 7) is 2.26. The summed E-state index contributed by atoms with van der Waals surface area (Å²) in [5.41, 5.74) is 4.01. The number of hydrogen-bond donors (Lipinski definition) is 0. The van der Waals surface area contributed by atoms with Crippen molar-refractivity contribution in [3.8, 4) is 11.3 Å². The molecular weight excluding hydrogens is 359 g/mol. The Balaban J connectivity index is 1.68. The number of halogens is 1. The predicted molar refractivity (Wildman–Crippen MR) is 102 cm³/mol. The van der Waals surface area contributed by atoms with Gasteiger partial charge in [0, 0.05) is 10.9 Å². The lowest BCUT2D eigenvalue weighted by Crippen LogP contribution is -2.09. The zero-order chi connectivity index (χ0) is 19.7. The van der Waals surface area contributed by atoms with Gasteiger partial charge < -0.3 is 4.74 Å². The SMILES string of the molecule is COC(=O)c1cc(C)cc2cnn(Cc3cnc(-c4cccc(F)c4)cn3)c12. The van der Waals surface area contributed by atoms with Crippen molar-refractivity contribution in [3.05, 3.63) is 77.6 Å². The van der Waals surface area contributed by atoms with E-state index in [0.29, 0.717) is 34.6 Å². The number of esters is 1. The van der Waals surface area contributed by atoms with Crippen molar-refractivity contribution in [3.63, 3.8) is 0 Å². The van der Waals surface area contributed by atoms with Gasteiger partial charge in [-0.1, -0.05) is 12.1 Å². The maximum atomic E-state index is 13.4. The number of methoxy groups -OCH3 is 1. The minimum absolute atomic E-state index is 0.322. The number of benzene rings is 2. The van der Waals surface area contributed by atoms with Gasteiger partial charge in [-0.3, -0.25) is 14.6 Å². The summed E-state index contributed by atoms with van der Waals surface area (Å²) in [5.74, 6) is -0.736. The van der Waals surface area contributed by atoms with Crippen LogP contribution in [-0.4, -0.2) is 32.8 Å². The lowest BCUT2D eigenvalue weighted by Gasteiger charge is -2.08. The summed E-state index contributed by atoms with van der Waals surface area (Å²) in [5, 5.41) is 5.24. The average molecular weight is 376 g/mol. The summed E-state index contributed by atoms with van der Waals surface area (Å²) in [6, 6.07) is 9.95. The number of rotatable bonds is 4. The molecule has 0 bridgehead atoms. The molecule has 4 rings (SSSR count). The third kappa shape index (κ3) is 3.34. The maximum absolute atomic E-state index is 13.4. The molecule has 0 N–H and O–H groups in total. The second kappa shape index (κ2) is 7.19. The molecule has 6 nitrogen and oxygen atoms in total. The van der Waals surface area contributed by atoms with Gasteiger partial charge in [-0.15, -0.1) is 0 Å². The standard InChI is InChI=1S/C21H17FN4O2/c1-13-6-15-9-25-26(20(15)18(7-13)21(27)28-2)12-17-10-24-19(11-23-17)14-4-3-5-16(22)8-14/h3-11H,12H2,1-2H3. The minimum Gasteiger partial charge on any atom is -0.465 e. The monoisotopic (exact) mass is 376 g/mol. The van der Waals surface area contributed by atoms with E-state index in [1.165, 1.54) is 19.2 Å². The molecule has 0 radical (unpaired) electrons. The number of nitrogens with zero attached hydrogens (tertiary/aromatic N) is 4. The number of fused-ring (bicyclic) bond motifs is 1. The van der Waals surface area contributed by atoms with Crippen LogP contribution in [0.1, 0.15) is 21.6 Å². The van der Waals surface area contributed by atoms with Crippen molar-refractivity contribution >= 4 is 16.9 Å². The summed E-state index contributed by atoms with van der Waals surface area (Å²) in [6.07, 6.45) is 4.93. The molecule has 0 fully saturated rings. The van der Waals surface area contributed by atoms with Crippen LogP contribution < -0.4 is 0 Å². The normalized spacial score (nSPS) is 11.0. The molecule has 0 unspecified atom stereocenters. The van der Waals surface area contributed by atoms with Gasteiger partial charge >= 0.3 is 5.97 Å². The molecule has 0 saturated heterocycles. The molecule has 2 aromatic heterocycles. The largest absolute Gasteiger partial charge is 0.465 e. The number of ether oxygens (including phenoxy) is 1. The lowest BCUT2D eigenvalue weighted by molar-refractivity contribution is 0.0602. The van der Waals surface area contributed by atoms with E-state index in [-0.39, 0.29) is 5.82 Å². The molecule has 0 amide bonds. The molecule has 0 aliphatic heterocycles. The van der Waals surface area contributed by atoms with E-state index in [1.54, 1.807) is 41.5 Å². The van der Waals surface area contributed by atoms with Gasteiger partial charge in [0.15, 0.2) is 0 Å². The number of carbonyl (C=O) groups excluding carboxylic acids is 1. The molecule has 0 atom stereocenters. The average Bonchev–Trinajstić information content (AvgIpc) is 3.09. The van der Waals surface area contributed by atoms with Gasteiger partial charge in [-0.25, -0.2) is 9.18 Å². The van der Waals surface area contributed by atoms with E-state index in [9.17, 15) is 9.18 Å². The highest BCUT2D eigenvalue weighted by Crippen LogP contribution is 2.23. The fourth-order valence-corrected chi connectivity index (χ4v) is 3.16. The highest BCUT2D eigenvalue weighted by molar-refractivity contribution is 6.03.